The molecule has 0 fully saturated rings. The smallest absolute Gasteiger partial charge is 0.311 e. The van der Waals surface area contributed by atoms with Gasteiger partial charge >= 0.3 is 5.97 Å². The molecule has 0 spiro atoms. The number of esters is 1. The molecule has 1 aromatic heterocycles. The van der Waals surface area contributed by atoms with E-state index in [-0.39, 0.29) is 18.1 Å². The van der Waals surface area contributed by atoms with Crippen LogP contribution in [0.15, 0.2) is 59.2 Å². The van der Waals surface area contributed by atoms with Crippen LogP contribution in [0, 0.1) is 0 Å². The maximum Gasteiger partial charge on any atom is 0.311 e. The minimum atomic E-state index is -0.999. The van der Waals surface area contributed by atoms with Crippen molar-refractivity contribution in [1.82, 2.24) is 4.90 Å². The third-order valence-corrected chi connectivity index (χ3v) is 3.99. The Balaban J connectivity index is 1.80. The van der Waals surface area contributed by atoms with Crippen LogP contribution in [0.5, 0.6) is 5.75 Å². The topological polar surface area (TPSA) is 80.0 Å². The summed E-state index contributed by atoms with van der Waals surface area (Å²) in [5.41, 5.74) is 1.73. The Labute approximate surface area is 150 Å². The van der Waals surface area contributed by atoms with Crippen molar-refractivity contribution in [3.05, 3.63) is 65.9 Å². The molecule has 0 unspecified atom stereocenters. The minimum Gasteiger partial charge on any atom is -0.508 e. The summed E-state index contributed by atoms with van der Waals surface area (Å²) in [6, 6.07) is 13.6. The maximum atomic E-state index is 12.4. The molecule has 0 radical (unpaired) electrons. The highest BCUT2D eigenvalue weighted by Gasteiger charge is 2.26. The third-order valence-electron chi connectivity index (χ3n) is 3.99. The van der Waals surface area contributed by atoms with Crippen LogP contribution in [-0.2, 0) is 20.7 Å². The van der Waals surface area contributed by atoms with Gasteiger partial charge in [0, 0.05) is 36.7 Å². The molecule has 6 heteroatoms. The number of phenols is 1. The van der Waals surface area contributed by atoms with Crippen LogP contribution in [0.3, 0.4) is 0 Å². The SMILES string of the molecule is CN(C)C(=O)[C@H](OC(=O)Cc1coc2cc(O)ccc12)c1ccccc1. The molecule has 0 aliphatic rings. The maximum absolute atomic E-state index is 12.4. The van der Waals surface area contributed by atoms with Crippen molar-refractivity contribution >= 4 is 22.8 Å². The Morgan fingerprint density at radius 3 is 2.58 bits per heavy atom. The number of furan rings is 1. The molecule has 1 heterocycles. The molecule has 134 valence electrons. The molecule has 0 aliphatic carbocycles. The molecule has 2 aromatic carbocycles. The van der Waals surface area contributed by atoms with Gasteiger partial charge in [-0.15, -0.1) is 0 Å². The van der Waals surface area contributed by atoms with Crippen LogP contribution in [0.25, 0.3) is 11.0 Å². The highest BCUT2D eigenvalue weighted by Crippen LogP contribution is 2.26. The number of rotatable bonds is 5. The third kappa shape index (κ3) is 3.69. The van der Waals surface area contributed by atoms with Gasteiger partial charge in [-0.25, -0.2) is 0 Å². The van der Waals surface area contributed by atoms with Gasteiger partial charge in [0.15, 0.2) is 0 Å². The lowest BCUT2D eigenvalue weighted by atomic mass is 10.1. The fourth-order valence-corrected chi connectivity index (χ4v) is 2.66. The van der Waals surface area contributed by atoms with Crippen LogP contribution in [0.4, 0.5) is 0 Å². The van der Waals surface area contributed by atoms with E-state index in [4.69, 9.17) is 9.15 Å². The van der Waals surface area contributed by atoms with E-state index in [0.29, 0.717) is 16.7 Å². The standard InChI is InChI=1S/C20H19NO5/c1-21(2)20(24)19(13-6-4-3-5-7-13)26-18(23)10-14-12-25-17-11-15(22)8-9-16(14)17/h3-9,11-12,19,22H,10H2,1-2H3/t19-/m1/s1. The summed E-state index contributed by atoms with van der Waals surface area (Å²) < 4.78 is 10.8. The van der Waals surface area contributed by atoms with Crippen LogP contribution >= 0.6 is 0 Å². The fourth-order valence-electron chi connectivity index (χ4n) is 2.66. The molecule has 0 saturated carbocycles. The Bertz CT molecular complexity index is 930. The Morgan fingerprint density at radius 1 is 1.15 bits per heavy atom. The van der Waals surface area contributed by atoms with Crippen molar-refractivity contribution in [2.75, 3.05) is 14.1 Å². The second-order valence-electron chi connectivity index (χ2n) is 6.13. The molecule has 1 N–H and O–H groups in total. The van der Waals surface area contributed by atoms with E-state index in [2.05, 4.69) is 0 Å². The number of hydrogen-bond donors (Lipinski definition) is 1. The van der Waals surface area contributed by atoms with Gasteiger partial charge in [0.2, 0.25) is 6.10 Å². The van der Waals surface area contributed by atoms with Crippen molar-refractivity contribution in [1.29, 1.82) is 0 Å². The summed E-state index contributed by atoms with van der Waals surface area (Å²) in [6.45, 7) is 0. The van der Waals surface area contributed by atoms with Crippen molar-refractivity contribution < 1.29 is 23.8 Å². The summed E-state index contributed by atoms with van der Waals surface area (Å²) in [5.74, 6) is -0.766. The molecular weight excluding hydrogens is 334 g/mol. The number of phenolic OH excluding ortho intramolecular Hbond substituents is 1. The molecule has 0 bridgehead atoms. The second kappa shape index (κ2) is 7.31. The number of carbonyl (C=O) groups excluding carboxylic acids is 2. The Kier molecular flexibility index (Phi) is 4.93. The summed E-state index contributed by atoms with van der Waals surface area (Å²) >= 11 is 0. The largest absolute Gasteiger partial charge is 0.508 e. The summed E-state index contributed by atoms with van der Waals surface area (Å²) in [7, 11) is 3.23. The second-order valence-corrected chi connectivity index (χ2v) is 6.13. The lowest BCUT2D eigenvalue weighted by molar-refractivity contribution is -0.159. The van der Waals surface area contributed by atoms with E-state index < -0.39 is 12.1 Å². The van der Waals surface area contributed by atoms with Gasteiger partial charge in [-0.2, -0.15) is 0 Å². The predicted molar refractivity (Wildman–Crippen MR) is 95.6 cm³/mol. The monoisotopic (exact) mass is 353 g/mol. The number of likely N-dealkylation sites (N-methyl/N-ethyl adjacent to an activating group) is 1. The highest BCUT2D eigenvalue weighted by molar-refractivity contribution is 5.88. The van der Waals surface area contributed by atoms with Gasteiger partial charge in [0.25, 0.3) is 5.91 Å². The quantitative estimate of drug-likeness (QED) is 0.713. The average molecular weight is 353 g/mol. The van der Waals surface area contributed by atoms with Gasteiger partial charge in [-0.1, -0.05) is 30.3 Å². The number of carbonyl (C=O) groups is 2. The van der Waals surface area contributed by atoms with Crippen LogP contribution in [0.2, 0.25) is 0 Å². The molecule has 1 atom stereocenters. The zero-order valence-corrected chi connectivity index (χ0v) is 14.5. The molecule has 1 amide bonds. The predicted octanol–water partition coefficient (Wildman–Crippen LogP) is 3.05. The van der Waals surface area contributed by atoms with Gasteiger partial charge in [0.05, 0.1) is 12.7 Å². The lowest BCUT2D eigenvalue weighted by Gasteiger charge is -2.21. The molecule has 0 saturated heterocycles. The minimum absolute atomic E-state index is 0.0399. The molecular formula is C20H19NO5. The summed E-state index contributed by atoms with van der Waals surface area (Å²) in [6.07, 6.45) is 0.416. The number of fused-ring (bicyclic) bond motifs is 1. The zero-order valence-electron chi connectivity index (χ0n) is 14.5. The van der Waals surface area contributed by atoms with E-state index in [9.17, 15) is 14.7 Å². The average Bonchev–Trinajstić information content (AvgIpc) is 3.01. The number of ether oxygens (including phenoxy) is 1. The van der Waals surface area contributed by atoms with Crippen molar-refractivity contribution in [2.45, 2.75) is 12.5 Å². The first kappa shape index (κ1) is 17.5. The summed E-state index contributed by atoms with van der Waals surface area (Å²) in [4.78, 5) is 26.3. The number of aromatic hydroxyl groups is 1. The highest BCUT2D eigenvalue weighted by atomic mass is 16.5. The number of nitrogens with zero attached hydrogens (tertiary/aromatic N) is 1. The molecule has 0 aliphatic heterocycles. The molecule has 26 heavy (non-hydrogen) atoms. The van der Waals surface area contributed by atoms with Crippen molar-refractivity contribution in [3.8, 4) is 5.75 Å². The van der Waals surface area contributed by atoms with Crippen LogP contribution in [0.1, 0.15) is 17.2 Å². The molecule has 3 rings (SSSR count). The van der Waals surface area contributed by atoms with Gasteiger partial charge < -0.3 is 19.2 Å². The van der Waals surface area contributed by atoms with E-state index in [1.54, 1.807) is 44.4 Å². The zero-order chi connectivity index (χ0) is 18.7. The van der Waals surface area contributed by atoms with Crippen molar-refractivity contribution in [3.63, 3.8) is 0 Å². The number of amides is 1. The molecule has 3 aromatic rings. The van der Waals surface area contributed by atoms with E-state index in [1.807, 2.05) is 6.07 Å². The van der Waals surface area contributed by atoms with Crippen molar-refractivity contribution in [2.24, 2.45) is 0 Å². The van der Waals surface area contributed by atoms with Gasteiger partial charge in [-0.05, 0) is 12.1 Å². The summed E-state index contributed by atoms with van der Waals surface area (Å²) in [5, 5.41) is 10.2. The Morgan fingerprint density at radius 2 is 1.88 bits per heavy atom. The van der Waals surface area contributed by atoms with E-state index in [1.165, 1.54) is 23.3 Å². The molecule has 6 nitrogen and oxygen atoms in total. The van der Waals surface area contributed by atoms with Crippen LogP contribution < -0.4 is 0 Å². The normalized spacial score (nSPS) is 11.9. The first-order valence-corrected chi connectivity index (χ1v) is 8.10. The number of benzene rings is 2. The first-order chi connectivity index (χ1) is 12.5. The van der Waals surface area contributed by atoms with Gasteiger partial charge in [-0.3, -0.25) is 9.59 Å². The first-order valence-electron chi connectivity index (χ1n) is 8.10. The fraction of sp³-hybridized carbons (Fsp3) is 0.200. The van der Waals surface area contributed by atoms with Gasteiger partial charge in [0.1, 0.15) is 11.3 Å². The van der Waals surface area contributed by atoms with E-state index in [0.717, 1.165) is 5.39 Å². The lowest BCUT2D eigenvalue weighted by Crippen LogP contribution is -2.31. The van der Waals surface area contributed by atoms with E-state index >= 15 is 0 Å². The van der Waals surface area contributed by atoms with Crippen LogP contribution in [-0.4, -0.2) is 36.0 Å². The Hall–Kier alpha value is -3.28. The number of hydrogen-bond acceptors (Lipinski definition) is 5.